The lowest BCUT2D eigenvalue weighted by Gasteiger charge is -2.08. The first-order valence-electron chi connectivity index (χ1n) is 6.26. The van der Waals surface area contributed by atoms with E-state index in [2.05, 4.69) is 0 Å². The molecule has 1 aromatic carbocycles. The third-order valence-corrected chi connectivity index (χ3v) is 2.77. The summed E-state index contributed by atoms with van der Waals surface area (Å²) in [6, 6.07) is 8.13. The van der Waals surface area contributed by atoms with Gasteiger partial charge in [-0.05, 0) is 31.5 Å². The average Bonchev–Trinajstić information content (AvgIpc) is 2.44. The molecule has 0 bridgehead atoms. The van der Waals surface area contributed by atoms with Crippen LogP contribution in [0.25, 0.3) is 11.0 Å². The summed E-state index contributed by atoms with van der Waals surface area (Å²) in [4.78, 5) is 22.7. The number of benzene rings is 1. The molecular formula is C15H13NO5. The third-order valence-electron chi connectivity index (χ3n) is 2.77. The normalized spacial score (nSPS) is 11.7. The molecule has 0 saturated heterocycles. The van der Waals surface area contributed by atoms with Gasteiger partial charge in [0.15, 0.2) is 12.7 Å². The Balaban J connectivity index is 2.12. The van der Waals surface area contributed by atoms with E-state index in [9.17, 15) is 9.59 Å². The Labute approximate surface area is 120 Å². The van der Waals surface area contributed by atoms with E-state index in [1.807, 2.05) is 0 Å². The average molecular weight is 287 g/mol. The second kappa shape index (κ2) is 6.09. The molecule has 0 aliphatic carbocycles. The Kier molecular flexibility index (Phi) is 4.24. The van der Waals surface area contributed by atoms with Crippen molar-refractivity contribution in [2.75, 3.05) is 6.61 Å². The molecule has 6 heteroatoms. The molecule has 0 N–H and O–H groups in total. The molecule has 1 heterocycles. The second-order valence-electron chi connectivity index (χ2n) is 4.46. The fraction of sp³-hybridized carbons (Fsp3) is 0.267. The van der Waals surface area contributed by atoms with Gasteiger partial charge in [0, 0.05) is 17.5 Å². The zero-order valence-corrected chi connectivity index (χ0v) is 11.6. The molecule has 0 spiro atoms. The number of esters is 1. The second-order valence-corrected chi connectivity index (χ2v) is 4.46. The van der Waals surface area contributed by atoms with Gasteiger partial charge in [-0.1, -0.05) is 0 Å². The molecule has 2 aromatic rings. The Hall–Kier alpha value is -2.81. The highest BCUT2D eigenvalue weighted by Gasteiger charge is 2.10. The first-order chi connectivity index (χ1) is 9.99. The van der Waals surface area contributed by atoms with Crippen molar-refractivity contribution in [1.82, 2.24) is 0 Å². The van der Waals surface area contributed by atoms with E-state index >= 15 is 0 Å². The number of carbonyl (C=O) groups is 1. The van der Waals surface area contributed by atoms with Gasteiger partial charge in [-0.3, -0.25) is 0 Å². The van der Waals surface area contributed by atoms with E-state index in [-0.39, 0.29) is 6.61 Å². The molecule has 0 saturated carbocycles. The highest BCUT2D eigenvalue weighted by molar-refractivity contribution is 5.81. The maximum absolute atomic E-state index is 11.4. The lowest BCUT2D eigenvalue weighted by atomic mass is 10.1. The molecule has 0 aliphatic rings. The molecule has 1 atom stereocenters. The molecule has 0 aliphatic heterocycles. The lowest BCUT2D eigenvalue weighted by Crippen LogP contribution is -2.19. The van der Waals surface area contributed by atoms with Gasteiger partial charge < -0.3 is 13.9 Å². The minimum atomic E-state index is -0.821. The SMILES string of the molecule is Cc1cc(=O)oc2cc(OCC(=O)O[C@H](C)C#N)ccc12. The fourth-order valence-corrected chi connectivity index (χ4v) is 1.79. The van der Waals surface area contributed by atoms with Gasteiger partial charge in [-0.25, -0.2) is 9.59 Å². The van der Waals surface area contributed by atoms with Gasteiger partial charge in [0.05, 0.1) is 0 Å². The minimum absolute atomic E-state index is 0.326. The fourth-order valence-electron chi connectivity index (χ4n) is 1.79. The van der Waals surface area contributed by atoms with Crippen LogP contribution in [0.5, 0.6) is 5.75 Å². The predicted octanol–water partition coefficient (Wildman–Crippen LogP) is 1.94. The molecule has 21 heavy (non-hydrogen) atoms. The van der Waals surface area contributed by atoms with Crippen molar-refractivity contribution >= 4 is 16.9 Å². The molecule has 0 amide bonds. The smallest absolute Gasteiger partial charge is 0.345 e. The standard InChI is InChI=1S/C15H13NO5/c1-9-5-14(17)21-13-6-11(3-4-12(9)13)19-8-15(18)20-10(2)7-16/h3-6,10H,8H2,1-2H3/t10-/m1/s1. The first kappa shape index (κ1) is 14.6. The van der Waals surface area contributed by atoms with Gasteiger partial charge in [-0.2, -0.15) is 5.26 Å². The van der Waals surface area contributed by atoms with Crippen molar-refractivity contribution in [3.8, 4) is 11.8 Å². The number of ether oxygens (including phenoxy) is 2. The number of hydrogen-bond acceptors (Lipinski definition) is 6. The highest BCUT2D eigenvalue weighted by Crippen LogP contribution is 2.22. The zero-order valence-electron chi connectivity index (χ0n) is 11.6. The maximum Gasteiger partial charge on any atom is 0.345 e. The number of carbonyl (C=O) groups excluding carboxylic acids is 1. The highest BCUT2D eigenvalue weighted by atomic mass is 16.6. The molecule has 0 fully saturated rings. The monoisotopic (exact) mass is 287 g/mol. The van der Waals surface area contributed by atoms with Crippen molar-refractivity contribution in [2.45, 2.75) is 20.0 Å². The Morgan fingerprint density at radius 1 is 1.43 bits per heavy atom. The van der Waals surface area contributed by atoms with E-state index in [1.54, 1.807) is 25.1 Å². The van der Waals surface area contributed by atoms with Crippen LogP contribution in [0.4, 0.5) is 0 Å². The Morgan fingerprint density at radius 2 is 2.19 bits per heavy atom. The van der Waals surface area contributed by atoms with Crippen LogP contribution < -0.4 is 10.4 Å². The van der Waals surface area contributed by atoms with Crippen LogP contribution in [0.15, 0.2) is 33.5 Å². The van der Waals surface area contributed by atoms with Crippen molar-refractivity contribution in [2.24, 2.45) is 0 Å². The van der Waals surface area contributed by atoms with Crippen LogP contribution in [0, 0.1) is 18.3 Å². The number of rotatable bonds is 4. The summed E-state index contributed by atoms with van der Waals surface area (Å²) in [5, 5.41) is 9.32. The quantitative estimate of drug-likeness (QED) is 0.630. The van der Waals surface area contributed by atoms with E-state index in [0.29, 0.717) is 11.3 Å². The van der Waals surface area contributed by atoms with Crippen LogP contribution in [-0.4, -0.2) is 18.7 Å². The van der Waals surface area contributed by atoms with E-state index in [1.165, 1.54) is 19.1 Å². The number of aryl methyl sites for hydroxylation is 1. The maximum atomic E-state index is 11.4. The molecule has 0 unspecified atom stereocenters. The van der Waals surface area contributed by atoms with Gasteiger partial charge in [0.2, 0.25) is 0 Å². The van der Waals surface area contributed by atoms with Gasteiger partial charge in [0.25, 0.3) is 0 Å². The van der Waals surface area contributed by atoms with Crippen molar-refractivity contribution in [3.63, 3.8) is 0 Å². The number of hydrogen-bond donors (Lipinski definition) is 0. The van der Waals surface area contributed by atoms with Gasteiger partial charge in [-0.15, -0.1) is 0 Å². The van der Waals surface area contributed by atoms with Crippen molar-refractivity contribution in [3.05, 3.63) is 40.2 Å². The Morgan fingerprint density at radius 3 is 2.90 bits per heavy atom. The summed E-state index contributed by atoms with van der Waals surface area (Å²) in [5.74, 6) is -0.271. The van der Waals surface area contributed by atoms with Crippen LogP contribution in [0.3, 0.4) is 0 Å². The summed E-state index contributed by atoms with van der Waals surface area (Å²) in [6.45, 7) is 2.94. The van der Waals surface area contributed by atoms with Gasteiger partial charge >= 0.3 is 11.6 Å². The van der Waals surface area contributed by atoms with E-state index < -0.39 is 17.7 Å². The molecule has 108 valence electrons. The number of fused-ring (bicyclic) bond motifs is 1. The molecule has 2 rings (SSSR count). The van der Waals surface area contributed by atoms with Crippen LogP contribution >= 0.6 is 0 Å². The van der Waals surface area contributed by atoms with Gasteiger partial charge in [0.1, 0.15) is 17.4 Å². The summed E-state index contributed by atoms with van der Waals surface area (Å²) in [5.41, 5.74) is 0.741. The van der Waals surface area contributed by atoms with E-state index in [4.69, 9.17) is 19.2 Å². The van der Waals surface area contributed by atoms with Crippen molar-refractivity contribution in [1.29, 1.82) is 5.26 Å². The Bertz CT molecular complexity index is 772. The van der Waals surface area contributed by atoms with Crippen LogP contribution in [0.1, 0.15) is 12.5 Å². The molecule has 0 radical (unpaired) electrons. The van der Waals surface area contributed by atoms with Crippen LogP contribution in [-0.2, 0) is 9.53 Å². The summed E-state index contributed by atoms with van der Waals surface area (Å²) in [6.07, 6.45) is -0.821. The number of nitrogens with zero attached hydrogens (tertiary/aromatic N) is 1. The minimum Gasteiger partial charge on any atom is -0.482 e. The summed E-state index contributed by atoms with van der Waals surface area (Å²) < 4.78 is 15.1. The van der Waals surface area contributed by atoms with E-state index in [0.717, 1.165) is 10.9 Å². The van der Waals surface area contributed by atoms with Crippen molar-refractivity contribution < 1.29 is 18.7 Å². The number of nitriles is 1. The lowest BCUT2D eigenvalue weighted by molar-refractivity contribution is -0.148. The largest absolute Gasteiger partial charge is 0.482 e. The summed E-state index contributed by atoms with van der Waals surface area (Å²) in [7, 11) is 0. The third kappa shape index (κ3) is 3.60. The molecular weight excluding hydrogens is 274 g/mol. The predicted molar refractivity (Wildman–Crippen MR) is 73.9 cm³/mol. The zero-order chi connectivity index (χ0) is 15.4. The molecule has 6 nitrogen and oxygen atoms in total. The topological polar surface area (TPSA) is 89.5 Å². The van der Waals surface area contributed by atoms with Crippen LogP contribution in [0.2, 0.25) is 0 Å². The first-order valence-corrected chi connectivity index (χ1v) is 6.26. The summed E-state index contributed by atoms with van der Waals surface area (Å²) >= 11 is 0. The molecule has 1 aromatic heterocycles.